The lowest BCUT2D eigenvalue weighted by Gasteiger charge is -2.19. The van der Waals surface area contributed by atoms with Gasteiger partial charge in [0, 0.05) is 0 Å². The van der Waals surface area contributed by atoms with E-state index in [1.165, 1.54) is 99.1 Å². The first kappa shape index (κ1) is 31.7. The van der Waals surface area contributed by atoms with Crippen LogP contribution in [-0.4, -0.2) is 0 Å². The molecular formula is C54H36. The number of fused-ring (bicyclic) bond motifs is 3. The van der Waals surface area contributed by atoms with Gasteiger partial charge in [0.15, 0.2) is 0 Å². The second-order valence-electron chi connectivity index (χ2n) is 14.0. The van der Waals surface area contributed by atoms with E-state index in [4.69, 9.17) is 0 Å². The third kappa shape index (κ3) is 5.57. The molecule has 10 aromatic rings. The molecule has 0 radical (unpaired) electrons. The molecule has 10 aromatic carbocycles. The summed E-state index contributed by atoms with van der Waals surface area (Å²) in [6, 6.07) is 79.8. The van der Waals surface area contributed by atoms with Crippen LogP contribution in [0, 0.1) is 0 Å². The number of benzene rings is 10. The standard InChI is InChI=1S/C54H36/c1-5-17-37(18-6-1)41-33-51(39-21-9-3-10-22-39)54-36-42(35-52(53(54)34-41)40-23-11-4-12-24-40)44-30-32-50(48-28-16-14-26-46(44)48)49-31-29-43(38-19-7-2-8-20-38)45-25-13-15-27-47(45)49/h1-36H. The molecule has 0 heteroatoms. The Bertz CT molecular complexity index is 2940. The van der Waals surface area contributed by atoms with Crippen LogP contribution in [-0.2, 0) is 0 Å². The van der Waals surface area contributed by atoms with Gasteiger partial charge in [-0.25, -0.2) is 0 Å². The Balaban J connectivity index is 1.23. The van der Waals surface area contributed by atoms with E-state index in [1.807, 2.05) is 0 Å². The highest BCUT2D eigenvalue weighted by Crippen LogP contribution is 2.45. The van der Waals surface area contributed by atoms with Crippen LogP contribution in [0.5, 0.6) is 0 Å². The van der Waals surface area contributed by atoms with Crippen LogP contribution in [0.1, 0.15) is 0 Å². The topological polar surface area (TPSA) is 0 Å². The molecule has 0 saturated carbocycles. The van der Waals surface area contributed by atoms with Crippen molar-refractivity contribution in [3.8, 4) is 66.8 Å². The smallest absolute Gasteiger partial charge is 0.00926 e. The van der Waals surface area contributed by atoms with Gasteiger partial charge in [0.1, 0.15) is 0 Å². The van der Waals surface area contributed by atoms with Gasteiger partial charge in [0.25, 0.3) is 0 Å². The molecule has 0 aromatic heterocycles. The van der Waals surface area contributed by atoms with E-state index >= 15 is 0 Å². The minimum atomic E-state index is 1.21. The normalized spacial score (nSPS) is 11.3. The Hall–Kier alpha value is -7.02. The van der Waals surface area contributed by atoms with E-state index in [0.29, 0.717) is 0 Å². The highest BCUT2D eigenvalue weighted by Gasteiger charge is 2.18. The summed E-state index contributed by atoms with van der Waals surface area (Å²) in [6.07, 6.45) is 0. The monoisotopic (exact) mass is 684 g/mol. The van der Waals surface area contributed by atoms with Gasteiger partial charge in [-0.05, 0) is 123 Å². The molecule has 0 atom stereocenters. The zero-order chi connectivity index (χ0) is 35.8. The number of hydrogen-bond acceptors (Lipinski definition) is 0. The number of hydrogen-bond donors (Lipinski definition) is 0. The lowest BCUT2D eigenvalue weighted by Crippen LogP contribution is -1.92. The average Bonchev–Trinajstić information content (AvgIpc) is 3.26. The molecule has 0 aliphatic heterocycles. The fourth-order valence-electron chi connectivity index (χ4n) is 8.32. The maximum atomic E-state index is 2.42. The SMILES string of the molecule is c1ccc(-c2cc(-c3ccccc3)c3cc(-c4ccc(-c5ccc(-c6ccccc6)c6ccccc56)c5ccccc45)cc(-c4ccccc4)c3c2)cc1. The van der Waals surface area contributed by atoms with E-state index < -0.39 is 0 Å². The van der Waals surface area contributed by atoms with Gasteiger partial charge in [0.05, 0.1) is 0 Å². The molecule has 0 N–H and O–H groups in total. The predicted molar refractivity (Wildman–Crippen MR) is 232 cm³/mol. The summed E-state index contributed by atoms with van der Waals surface area (Å²) in [7, 11) is 0. The highest BCUT2D eigenvalue weighted by molar-refractivity contribution is 6.14. The van der Waals surface area contributed by atoms with E-state index in [1.54, 1.807) is 0 Å². The maximum absolute atomic E-state index is 2.42. The van der Waals surface area contributed by atoms with Crippen molar-refractivity contribution in [3.63, 3.8) is 0 Å². The molecule has 54 heavy (non-hydrogen) atoms. The molecular weight excluding hydrogens is 649 g/mol. The second-order valence-corrected chi connectivity index (χ2v) is 14.0. The van der Waals surface area contributed by atoms with E-state index in [9.17, 15) is 0 Å². The minimum absolute atomic E-state index is 1.21. The van der Waals surface area contributed by atoms with E-state index in [0.717, 1.165) is 0 Å². The van der Waals surface area contributed by atoms with Crippen LogP contribution in [0.2, 0.25) is 0 Å². The van der Waals surface area contributed by atoms with Gasteiger partial charge in [0.2, 0.25) is 0 Å². The molecule has 0 saturated heterocycles. The van der Waals surface area contributed by atoms with Crippen molar-refractivity contribution < 1.29 is 0 Å². The molecule has 0 spiro atoms. The van der Waals surface area contributed by atoms with Crippen LogP contribution in [0.3, 0.4) is 0 Å². The molecule has 10 rings (SSSR count). The highest BCUT2D eigenvalue weighted by atomic mass is 14.2. The van der Waals surface area contributed by atoms with Crippen molar-refractivity contribution in [2.24, 2.45) is 0 Å². The summed E-state index contributed by atoms with van der Waals surface area (Å²) in [6.45, 7) is 0. The van der Waals surface area contributed by atoms with Gasteiger partial charge in [-0.1, -0.05) is 194 Å². The summed E-state index contributed by atoms with van der Waals surface area (Å²) in [5.41, 5.74) is 14.7. The van der Waals surface area contributed by atoms with Crippen molar-refractivity contribution >= 4 is 32.3 Å². The third-order valence-corrected chi connectivity index (χ3v) is 10.9. The zero-order valence-corrected chi connectivity index (χ0v) is 29.8. The van der Waals surface area contributed by atoms with Gasteiger partial charge in [-0.2, -0.15) is 0 Å². The predicted octanol–water partition coefficient (Wildman–Crippen LogP) is 15.1. The Labute approximate surface area is 316 Å². The molecule has 0 aliphatic carbocycles. The molecule has 0 amide bonds. The fourth-order valence-corrected chi connectivity index (χ4v) is 8.32. The van der Waals surface area contributed by atoms with Crippen molar-refractivity contribution in [2.75, 3.05) is 0 Å². The first-order valence-electron chi connectivity index (χ1n) is 18.7. The Morgan fingerprint density at radius 1 is 0.148 bits per heavy atom. The first-order valence-corrected chi connectivity index (χ1v) is 18.7. The van der Waals surface area contributed by atoms with Crippen molar-refractivity contribution in [1.82, 2.24) is 0 Å². The molecule has 0 unspecified atom stereocenters. The maximum Gasteiger partial charge on any atom is -0.00926 e. The summed E-state index contributed by atoms with van der Waals surface area (Å²) in [4.78, 5) is 0. The summed E-state index contributed by atoms with van der Waals surface area (Å²) in [5, 5.41) is 7.50. The molecule has 252 valence electrons. The van der Waals surface area contributed by atoms with Crippen molar-refractivity contribution in [3.05, 3.63) is 218 Å². The van der Waals surface area contributed by atoms with Crippen molar-refractivity contribution in [2.45, 2.75) is 0 Å². The van der Waals surface area contributed by atoms with Gasteiger partial charge in [-0.15, -0.1) is 0 Å². The Kier molecular flexibility index (Phi) is 7.93. The Morgan fingerprint density at radius 2 is 0.444 bits per heavy atom. The second kappa shape index (κ2) is 13.5. The third-order valence-electron chi connectivity index (χ3n) is 10.9. The summed E-state index contributed by atoms with van der Waals surface area (Å²) < 4.78 is 0. The van der Waals surface area contributed by atoms with Crippen LogP contribution < -0.4 is 0 Å². The van der Waals surface area contributed by atoms with Crippen LogP contribution in [0.15, 0.2) is 218 Å². The fraction of sp³-hybridized carbons (Fsp3) is 0. The van der Waals surface area contributed by atoms with Gasteiger partial charge >= 0.3 is 0 Å². The van der Waals surface area contributed by atoms with Crippen molar-refractivity contribution in [1.29, 1.82) is 0 Å². The lowest BCUT2D eigenvalue weighted by molar-refractivity contribution is 1.60. The summed E-state index contributed by atoms with van der Waals surface area (Å²) in [5.74, 6) is 0. The Morgan fingerprint density at radius 3 is 0.889 bits per heavy atom. The van der Waals surface area contributed by atoms with Gasteiger partial charge < -0.3 is 0 Å². The molecule has 0 heterocycles. The minimum Gasteiger partial charge on any atom is -0.0622 e. The molecule has 0 nitrogen and oxygen atoms in total. The van der Waals surface area contributed by atoms with Crippen LogP contribution in [0.4, 0.5) is 0 Å². The quantitative estimate of drug-likeness (QED) is 0.164. The molecule has 0 aliphatic rings. The van der Waals surface area contributed by atoms with Gasteiger partial charge in [-0.3, -0.25) is 0 Å². The van der Waals surface area contributed by atoms with Crippen LogP contribution >= 0.6 is 0 Å². The number of rotatable bonds is 6. The summed E-state index contributed by atoms with van der Waals surface area (Å²) >= 11 is 0. The molecule has 0 bridgehead atoms. The van der Waals surface area contributed by atoms with E-state index in [-0.39, 0.29) is 0 Å². The lowest BCUT2D eigenvalue weighted by atomic mass is 9.85. The molecule has 0 fully saturated rings. The zero-order valence-electron chi connectivity index (χ0n) is 29.8. The average molecular weight is 685 g/mol. The first-order chi connectivity index (χ1) is 26.8. The van der Waals surface area contributed by atoms with E-state index in [2.05, 4.69) is 218 Å². The largest absolute Gasteiger partial charge is 0.0622 e. The van der Waals surface area contributed by atoms with Crippen LogP contribution in [0.25, 0.3) is 99.1 Å².